The third-order valence-electron chi connectivity index (χ3n) is 4.00. The average Bonchev–Trinajstić information content (AvgIpc) is 2.68. The van der Waals surface area contributed by atoms with Crippen LogP contribution >= 0.6 is 0 Å². The predicted octanol–water partition coefficient (Wildman–Crippen LogP) is 2.01. The molecule has 0 bridgehead atoms. The van der Waals surface area contributed by atoms with Crippen molar-refractivity contribution in [2.24, 2.45) is 0 Å². The highest BCUT2D eigenvalue weighted by atomic mass is 32.2. The molecule has 1 aromatic carbocycles. The number of sulfone groups is 1. The Balaban J connectivity index is 1.80. The van der Waals surface area contributed by atoms with Crippen LogP contribution in [0.2, 0.25) is 0 Å². The number of aryl methyl sites for hydroxylation is 1. The Kier molecular flexibility index (Phi) is 7.60. The minimum Gasteiger partial charge on any atom is -0.493 e. The van der Waals surface area contributed by atoms with Crippen molar-refractivity contribution in [2.75, 3.05) is 26.5 Å². The van der Waals surface area contributed by atoms with Gasteiger partial charge in [-0.05, 0) is 36.6 Å². The van der Waals surface area contributed by atoms with Crippen LogP contribution < -0.4 is 14.8 Å². The highest BCUT2D eigenvalue weighted by Crippen LogP contribution is 2.29. The summed E-state index contributed by atoms with van der Waals surface area (Å²) in [7, 11) is -0.609. The number of ether oxygens (including phenoxy) is 2. The van der Waals surface area contributed by atoms with E-state index in [2.05, 4.69) is 10.3 Å². The van der Waals surface area contributed by atoms with Crippen LogP contribution in [0.3, 0.4) is 0 Å². The number of rotatable bonds is 10. The van der Waals surface area contributed by atoms with Gasteiger partial charge in [0.25, 0.3) is 0 Å². The Hall–Kier alpha value is -2.61. The first-order valence-corrected chi connectivity index (χ1v) is 10.2. The van der Waals surface area contributed by atoms with Crippen LogP contribution in [0.5, 0.6) is 11.5 Å². The van der Waals surface area contributed by atoms with Gasteiger partial charge in [0, 0.05) is 31.4 Å². The van der Waals surface area contributed by atoms with Crippen molar-refractivity contribution in [3.63, 3.8) is 0 Å². The first-order valence-electron chi connectivity index (χ1n) is 8.56. The molecule has 0 unspecified atom stereocenters. The Morgan fingerprint density at radius 3 is 2.59 bits per heavy atom. The molecule has 1 heterocycles. The van der Waals surface area contributed by atoms with Gasteiger partial charge in [0.05, 0.1) is 24.9 Å². The van der Waals surface area contributed by atoms with E-state index in [1.54, 1.807) is 18.5 Å². The van der Waals surface area contributed by atoms with Gasteiger partial charge < -0.3 is 14.8 Å². The van der Waals surface area contributed by atoms with E-state index in [9.17, 15) is 13.2 Å². The molecule has 8 heteroatoms. The van der Waals surface area contributed by atoms with Crippen LogP contribution in [-0.2, 0) is 21.1 Å². The molecule has 1 amide bonds. The molecule has 0 fully saturated rings. The van der Waals surface area contributed by atoms with Crippen molar-refractivity contribution in [3.05, 3.63) is 48.3 Å². The van der Waals surface area contributed by atoms with Crippen molar-refractivity contribution in [1.29, 1.82) is 0 Å². The van der Waals surface area contributed by atoms with Gasteiger partial charge in [-0.1, -0.05) is 6.07 Å². The molecule has 0 spiro atoms. The second kappa shape index (κ2) is 9.91. The Morgan fingerprint density at radius 2 is 1.93 bits per heavy atom. The smallest absolute Gasteiger partial charge is 0.220 e. The summed E-state index contributed by atoms with van der Waals surface area (Å²) >= 11 is 0. The van der Waals surface area contributed by atoms with E-state index in [-0.39, 0.29) is 23.1 Å². The quantitative estimate of drug-likeness (QED) is 0.665. The maximum atomic E-state index is 12.4. The van der Waals surface area contributed by atoms with Crippen molar-refractivity contribution >= 4 is 15.7 Å². The zero-order valence-electron chi connectivity index (χ0n) is 15.5. The maximum Gasteiger partial charge on any atom is 0.220 e. The Labute approximate surface area is 159 Å². The van der Waals surface area contributed by atoms with Crippen LogP contribution in [0, 0.1) is 0 Å². The van der Waals surface area contributed by atoms with Crippen molar-refractivity contribution in [3.8, 4) is 11.5 Å². The molecule has 146 valence electrons. The van der Waals surface area contributed by atoms with Crippen LogP contribution in [0.4, 0.5) is 0 Å². The lowest BCUT2D eigenvalue weighted by atomic mass is 10.1. The largest absolute Gasteiger partial charge is 0.493 e. The standard InChI is InChI=1S/C19H24N2O5S/c1-25-17-9-8-16(13-18(17)26-2)27(23,24)12-11-21-19(22)7-3-5-15-6-4-10-20-14-15/h4,6,8-10,13-14H,3,5,7,11-12H2,1-2H3,(H,21,22). The van der Waals surface area contributed by atoms with Gasteiger partial charge in [0.2, 0.25) is 5.91 Å². The minimum absolute atomic E-state index is 0.0579. The second-order valence-electron chi connectivity index (χ2n) is 5.90. The average molecular weight is 392 g/mol. The second-order valence-corrected chi connectivity index (χ2v) is 8.01. The monoisotopic (exact) mass is 392 g/mol. The summed E-state index contributed by atoms with van der Waals surface area (Å²) in [6.45, 7) is 0.0579. The molecule has 2 aromatic rings. The number of benzene rings is 1. The molecule has 0 saturated carbocycles. The number of aromatic nitrogens is 1. The number of nitrogens with one attached hydrogen (secondary N) is 1. The number of carbonyl (C=O) groups excluding carboxylic acids is 1. The van der Waals surface area contributed by atoms with E-state index in [0.717, 1.165) is 12.0 Å². The Morgan fingerprint density at radius 1 is 1.15 bits per heavy atom. The summed E-state index contributed by atoms with van der Waals surface area (Å²) in [6, 6.07) is 8.24. The molecule has 0 saturated heterocycles. The van der Waals surface area contributed by atoms with Crippen molar-refractivity contribution in [1.82, 2.24) is 10.3 Å². The van der Waals surface area contributed by atoms with E-state index in [4.69, 9.17) is 9.47 Å². The number of methoxy groups -OCH3 is 2. The normalized spacial score (nSPS) is 11.0. The SMILES string of the molecule is COc1ccc(S(=O)(=O)CCNC(=O)CCCc2cccnc2)cc1OC. The van der Waals surface area contributed by atoms with Gasteiger partial charge in [-0.3, -0.25) is 9.78 Å². The fraction of sp³-hybridized carbons (Fsp3) is 0.368. The third kappa shape index (κ3) is 6.25. The van der Waals surface area contributed by atoms with Gasteiger partial charge >= 0.3 is 0 Å². The lowest BCUT2D eigenvalue weighted by molar-refractivity contribution is -0.121. The van der Waals surface area contributed by atoms with Gasteiger partial charge in [-0.2, -0.15) is 0 Å². The fourth-order valence-corrected chi connectivity index (χ4v) is 3.71. The number of pyridine rings is 1. The first kappa shape index (κ1) is 20.7. The lowest BCUT2D eigenvalue weighted by Crippen LogP contribution is -2.29. The van der Waals surface area contributed by atoms with E-state index < -0.39 is 9.84 Å². The van der Waals surface area contributed by atoms with Crippen LogP contribution in [0.15, 0.2) is 47.6 Å². The molecule has 0 aliphatic carbocycles. The molecule has 0 radical (unpaired) electrons. The summed E-state index contributed by atoms with van der Waals surface area (Å²) in [5, 5.41) is 2.66. The third-order valence-corrected chi connectivity index (χ3v) is 5.71. The van der Waals surface area contributed by atoms with Gasteiger partial charge in [-0.25, -0.2) is 8.42 Å². The predicted molar refractivity (Wildman–Crippen MR) is 102 cm³/mol. The number of hydrogen-bond acceptors (Lipinski definition) is 6. The summed E-state index contributed by atoms with van der Waals surface area (Å²) < 4.78 is 35.1. The summed E-state index contributed by atoms with van der Waals surface area (Å²) in [5.41, 5.74) is 1.07. The lowest BCUT2D eigenvalue weighted by Gasteiger charge is -2.10. The van der Waals surface area contributed by atoms with Gasteiger partial charge in [0.1, 0.15) is 0 Å². The minimum atomic E-state index is -3.54. The molecule has 2 rings (SSSR count). The number of carbonyl (C=O) groups is 1. The topological polar surface area (TPSA) is 94.6 Å². The Bertz CT molecular complexity index is 854. The maximum absolute atomic E-state index is 12.4. The molecule has 7 nitrogen and oxygen atoms in total. The summed E-state index contributed by atoms with van der Waals surface area (Å²) in [5.74, 6) is 0.453. The number of amides is 1. The highest BCUT2D eigenvalue weighted by Gasteiger charge is 2.17. The van der Waals surface area contributed by atoms with Gasteiger partial charge in [0.15, 0.2) is 21.3 Å². The molecule has 1 N–H and O–H groups in total. The molecular weight excluding hydrogens is 368 g/mol. The van der Waals surface area contributed by atoms with Crippen molar-refractivity contribution < 1.29 is 22.7 Å². The summed E-state index contributed by atoms with van der Waals surface area (Å²) in [4.78, 5) is 16.0. The molecular formula is C19H24N2O5S. The van der Waals surface area contributed by atoms with E-state index in [0.29, 0.717) is 24.3 Å². The molecule has 1 aromatic heterocycles. The van der Waals surface area contributed by atoms with Crippen molar-refractivity contribution in [2.45, 2.75) is 24.2 Å². The highest BCUT2D eigenvalue weighted by molar-refractivity contribution is 7.91. The molecule has 0 atom stereocenters. The van der Waals surface area contributed by atoms with E-state index in [1.807, 2.05) is 12.1 Å². The van der Waals surface area contributed by atoms with E-state index >= 15 is 0 Å². The molecule has 0 aliphatic rings. The molecule has 27 heavy (non-hydrogen) atoms. The van der Waals surface area contributed by atoms with Crippen LogP contribution in [-0.4, -0.2) is 45.8 Å². The number of hydrogen-bond donors (Lipinski definition) is 1. The summed E-state index contributed by atoms with van der Waals surface area (Å²) in [6.07, 6.45) is 5.25. The zero-order chi connectivity index (χ0) is 19.7. The fourth-order valence-electron chi connectivity index (χ4n) is 2.54. The van der Waals surface area contributed by atoms with Gasteiger partial charge in [-0.15, -0.1) is 0 Å². The van der Waals surface area contributed by atoms with Crippen LogP contribution in [0.1, 0.15) is 18.4 Å². The van der Waals surface area contributed by atoms with E-state index in [1.165, 1.54) is 26.4 Å². The first-order chi connectivity index (χ1) is 13.0. The molecule has 0 aliphatic heterocycles. The van der Waals surface area contributed by atoms with Crippen LogP contribution in [0.25, 0.3) is 0 Å². The zero-order valence-corrected chi connectivity index (χ0v) is 16.3. The number of nitrogens with zero attached hydrogens (tertiary/aromatic N) is 1.